The van der Waals surface area contributed by atoms with Gasteiger partial charge in [0.05, 0.1) is 6.04 Å². The topological polar surface area (TPSA) is 44.8 Å². The summed E-state index contributed by atoms with van der Waals surface area (Å²) in [7, 11) is 2.14. The Bertz CT molecular complexity index is 800. The fraction of sp³-hybridized carbons (Fsp3) is 0.458. The van der Waals surface area contributed by atoms with Gasteiger partial charge in [-0.2, -0.15) is 0 Å². The molecule has 1 saturated heterocycles. The van der Waals surface area contributed by atoms with E-state index in [1.165, 1.54) is 5.56 Å². The number of hydrogen-bond donors (Lipinski definition) is 1. The minimum atomic E-state index is -0.115. The van der Waals surface area contributed by atoms with E-state index in [4.69, 9.17) is 16.3 Å². The first-order valence-corrected chi connectivity index (χ1v) is 11.0. The molecule has 0 aromatic heterocycles. The smallest absolute Gasteiger partial charge is 0.258 e. The molecular weight excluding hydrogens is 398 g/mol. The van der Waals surface area contributed by atoms with E-state index in [0.29, 0.717) is 18.2 Å². The zero-order chi connectivity index (χ0) is 21.5. The van der Waals surface area contributed by atoms with Crippen LogP contribution in [0, 0.1) is 0 Å². The fourth-order valence-corrected chi connectivity index (χ4v) is 3.76. The van der Waals surface area contributed by atoms with Crippen LogP contribution in [0.1, 0.15) is 36.9 Å². The monoisotopic (exact) mass is 429 g/mol. The third-order valence-corrected chi connectivity index (χ3v) is 5.89. The van der Waals surface area contributed by atoms with E-state index >= 15 is 0 Å². The minimum absolute atomic E-state index is 0.0110. The molecule has 1 unspecified atom stereocenters. The molecule has 30 heavy (non-hydrogen) atoms. The third-order valence-electron chi connectivity index (χ3n) is 5.64. The Labute approximate surface area is 185 Å². The highest BCUT2D eigenvalue weighted by atomic mass is 35.5. The maximum absolute atomic E-state index is 12.4. The van der Waals surface area contributed by atoms with Gasteiger partial charge in [0.15, 0.2) is 6.61 Å². The van der Waals surface area contributed by atoms with E-state index in [1.54, 1.807) is 0 Å². The van der Waals surface area contributed by atoms with Crippen molar-refractivity contribution < 1.29 is 9.53 Å². The largest absolute Gasteiger partial charge is 0.484 e. The highest BCUT2D eigenvalue weighted by Crippen LogP contribution is 2.23. The summed E-state index contributed by atoms with van der Waals surface area (Å²) >= 11 is 6.07. The summed E-state index contributed by atoms with van der Waals surface area (Å²) in [5.41, 5.74) is 2.42. The van der Waals surface area contributed by atoms with Crippen LogP contribution in [0.15, 0.2) is 48.5 Å². The fourth-order valence-electron chi connectivity index (χ4n) is 3.64. The van der Waals surface area contributed by atoms with Crippen LogP contribution in [-0.4, -0.2) is 62.1 Å². The first kappa shape index (κ1) is 22.6. The van der Waals surface area contributed by atoms with E-state index in [0.717, 1.165) is 36.8 Å². The van der Waals surface area contributed by atoms with Crippen LogP contribution >= 0.6 is 11.6 Å². The van der Waals surface area contributed by atoms with E-state index in [1.807, 2.05) is 48.5 Å². The number of nitrogens with zero attached hydrogens (tertiary/aromatic N) is 2. The van der Waals surface area contributed by atoms with Crippen molar-refractivity contribution in [3.63, 3.8) is 0 Å². The van der Waals surface area contributed by atoms with Crippen LogP contribution in [0.25, 0.3) is 0 Å². The third kappa shape index (κ3) is 6.46. The van der Waals surface area contributed by atoms with Gasteiger partial charge in [-0.1, -0.05) is 49.7 Å². The number of likely N-dealkylation sites (N-methyl/N-ethyl adjacent to an activating group) is 1. The molecule has 1 aliphatic rings. The number of carbonyl (C=O) groups is 1. The molecule has 1 fully saturated rings. The average molecular weight is 430 g/mol. The Morgan fingerprint density at radius 3 is 2.20 bits per heavy atom. The summed E-state index contributed by atoms with van der Waals surface area (Å²) in [6.45, 7) is 8.84. The van der Waals surface area contributed by atoms with Gasteiger partial charge in [0.2, 0.25) is 0 Å². The molecule has 1 heterocycles. The Morgan fingerprint density at radius 2 is 1.60 bits per heavy atom. The molecule has 0 radical (unpaired) electrons. The van der Waals surface area contributed by atoms with Gasteiger partial charge in [-0.05, 0) is 48.4 Å². The molecular formula is C24H32ClN3O2. The van der Waals surface area contributed by atoms with Crippen molar-refractivity contribution in [2.24, 2.45) is 0 Å². The lowest BCUT2D eigenvalue weighted by Crippen LogP contribution is -2.48. The number of hydrogen-bond acceptors (Lipinski definition) is 4. The standard InChI is InChI=1S/C24H32ClN3O2/c1-18(2)19-6-10-22(11-7-19)30-17-24(29)26-16-23(20-4-8-21(25)9-5-20)28-14-12-27(3)13-15-28/h4-11,18,23H,12-17H2,1-3H3,(H,26,29). The minimum Gasteiger partial charge on any atom is -0.484 e. The van der Waals surface area contributed by atoms with Crippen LogP contribution < -0.4 is 10.1 Å². The maximum Gasteiger partial charge on any atom is 0.258 e. The van der Waals surface area contributed by atoms with Crippen LogP contribution in [0.2, 0.25) is 5.02 Å². The van der Waals surface area contributed by atoms with E-state index < -0.39 is 0 Å². The molecule has 0 spiro atoms. The van der Waals surface area contributed by atoms with Crippen molar-refractivity contribution in [1.29, 1.82) is 0 Å². The van der Waals surface area contributed by atoms with Gasteiger partial charge in [-0.25, -0.2) is 0 Å². The summed E-state index contributed by atoms with van der Waals surface area (Å²) < 4.78 is 5.67. The predicted molar refractivity (Wildman–Crippen MR) is 122 cm³/mol. The molecule has 3 rings (SSSR count). The van der Waals surface area contributed by atoms with Gasteiger partial charge >= 0.3 is 0 Å². The van der Waals surface area contributed by atoms with Gasteiger partial charge in [0.25, 0.3) is 5.91 Å². The highest BCUT2D eigenvalue weighted by molar-refractivity contribution is 6.30. The zero-order valence-corrected chi connectivity index (χ0v) is 18.9. The number of nitrogens with one attached hydrogen (secondary N) is 1. The van der Waals surface area contributed by atoms with Crippen molar-refractivity contribution in [2.75, 3.05) is 46.4 Å². The molecule has 1 amide bonds. The highest BCUT2D eigenvalue weighted by Gasteiger charge is 2.24. The first-order chi connectivity index (χ1) is 14.4. The maximum atomic E-state index is 12.4. The van der Waals surface area contributed by atoms with Crippen molar-refractivity contribution >= 4 is 17.5 Å². The van der Waals surface area contributed by atoms with Crippen molar-refractivity contribution in [1.82, 2.24) is 15.1 Å². The lowest BCUT2D eigenvalue weighted by atomic mass is 10.0. The summed E-state index contributed by atoms with van der Waals surface area (Å²) in [6.07, 6.45) is 0. The lowest BCUT2D eigenvalue weighted by Gasteiger charge is -2.38. The Hall–Kier alpha value is -2.08. The Kier molecular flexibility index (Phi) is 8.14. The van der Waals surface area contributed by atoms with Gasteiger partial charge in [-0.15, -0.1) is 0 Å². The number of rotatable bonds is 8. The molecule has 0 saturated carbocycles. The summed E-state index contributed by atoms with van der Waals surface area (Å²) in [5.74, 6) is 1.07. The van der Waals surface area contributed by atoms with Gasteiger partial charge in [-0.3, -0.25) is 9.69 Å². The van der Waals surface area contributed by atoms with E-state index in [2.05, 4.69) is 36.0 Å². The molecule has 2 aromatic carbocycles. The molecule has 1 atom stereocenters. The predicted octanol–water partition coefficient (Wildman–Crippen LogP) is 3.95. The number of halogens is 1. The molecule has 2 aromatic rings. The second-order valence-electron chi connectivity index (χ2n) is 8.22. The SMILES string of the molecule is CC(C)c1ccc(OCC(=O)NCC(c2ccc(Cl)cc2)N2CCN(C)CC2)cc1. The average Bonchev–Trinajstić information content (AvgIpc) is 2.75. The van der Waals surface area contributed by atoms with Gasteiger partial charge in [0.1, 0.15) is 5.75 Å². The molecule has 1 aliphatic heterocycles. The van der Waals surface area contributed by atoms with Gasteiger partial charge < -0.3 is 15.0 Å². The molecule has 1 N–H and O–H groups in total. The zero-order valence-electron chi connectivity index (χ0n) is 18.1. The normalized spacial score (nSPS) is 16.4. The molecule has 162 valence electrons. The van der Waals surface area contributed by atoms with E-state index in [-0.39, 0.29) is 18.6 Å². The lowest BCUT2D eigenvalue weighted by molar-refractivity contribution is -0.123. The summed E-state index contributed by atoms with van der Waals surface area (Å²) in [6, 6.07) is 16.0. The molecule has 0 bridgehead atoms. The second-order valence-corrected chi connectivity index (χ2v) is 8.66. The van der Waals surface area contributed by atoms with Crippen LogP contribution in [0.4, 0.5) is 0 Å². The van der Waals surface area contributed by atoms with Crippen LogP contribution in [-0.2, 0) is 4.79 Å². The van der Waals surface area contributed by atoms with Crippen LogP contribution in [0.3, 0.4) is 0 Å². The number of carbonyl (C=O) groups excluding carboxylic acids is 1. The molecule has 5 nitrogen and oxygen atoms in total. The first-order valence-electron chi connectivity index (χ1n) is 10.6. The number of benzene rings is 2. The number of piperazine rings is 1. The number of ether oxygens (including phenoxy) is 1. The Balaban J connectivity index is 1.56. The van der Waals surface area contributed by atoms with Crippen molar-refractivity contribution in [3.8, 4) is 5.75 Å². The Morgan fingerprint density at radius 1 is 1.00 bits per heavy atom. The van der Waals surface area contributed by atoms with Crippen molar-refractivity contribution in [2.45, 2.75) is 25.8 Å². The summed E-state index contributed by atoms with van der Waals surface area (Å²) in [4.78, 5) is 17.2. The summed E-state index contributed by atoms with van der Waals surface area (Å²) in [5, 5.41) is 3.77. The second kappa shape index (κ2) is 10.8. The van der Waals surface area contributed by atoms with E-state index in [9.17, 15) is 4.79 Å². The molecule has 6 heteroatoms. The number of amides is 1. The molecule has 0 aliphatic carbocycles. The van der Waals surface area contributed by atoms with Gasteiger partial charge in [0, 0.05) is 37.7 Å². The van der Waals surface area contributed by atoms with Crippen LogP contribution in [0.5, 0.6) is 5.75 Å². The quantitative estimate of drug-likeness (QED) is 0.690. The van der Waals surface area contributed by atoms with Crippen molar-refractivity contribution in [3.05, 3.63) is 64.7 Å².